The third kappa shape index (κ3) is 2.29. The summed E-state index contributed by atoms with van der Waals surface area (Å²) in [4.78, 5) is 5.34. The highest BCUT2D eigenvalue weighted by molar-refractivity contribution is 9.10. The Morgan fingerprint density at radius 1 is 1.36 bits per heavy atom. The number of hydrogen-bond donors (Lipinski definition) is 1. The van der Waals surface area contributed by atoms with Gasteiger partial charge in [-0.25, -0.2) is 4.98 Å². The molecule has 0 radical (unpaired) electrons. The number of thiazole rings is 1. The van der Waals surface area contributed by atoms with Gasteiger partial charge in [-0.2, -0.15) is 0 Å². The summed E-state index contributed by atoms with van der Waals surface area (Å²) in [6.07, 6.45) is 1.68. The van der Waals surface area contributed by atoms with Gasteiger partial charge in [-0.05, 0) is 28.1 Å². The lowest BCUT2D eigenvalue weighted by atomic mass is 10.4. The van der Waals surface area contributed by atoms with Crippen molar-refractivity contribution in [2.45, 2.75) is 9.24 Å². The maximum atomic E-state index is 5.60. The summed E-state index contributed by atoms with van der Waals surface area (Å²) in [5.41, 5.74) is 5.60. The maximum Gasteiger partial charge on any atom is 0.156 e. The van der Waals surface area contributed by atoms with Crippen LogP contribution in [0.25, 0.3) is 0 Å². The molecule has 0 aliphatic carbocycles. The second kappa shape index (κ2) is 4.33. The van der Waals surface area contributed by atoms with E-state index in [-0.39, 0.29) is 0 Å². The van der Waals surface area contributed by atoms with Gasteiger partial charge in [0.25, 0.3) is 0 Å². The van der Waals surface area contributed by atoms with Gasteiger partial charge in [-0.1, -0.05) is 35.2 Å². The lowest BCUT2D eigenvalue weighted by Gasteiger charge is -1.99. The molecule has 0 aliphatic heterocycles. The molecule has 1 aromatic heterocycles. The fourth-order valence-corrected chi connectivity index (χ4v) is 3.21. The first-order chi connectivity index (χ1) is 6.75. The Bertz CT molecular complexity index is 442. The number of benzene rings is 1. The van der Waals surface area contributed by atoms with Crippen LogP contribution in [0.1, 0.15) is 0 Å². The van der Waals surface area contributed by atoms with Gasteiger partial charge in [0.05, 0.1) is 6.20 Å². The minimum Gasteiger partial charge on any atom is -0.389 e. The van der Waals surface area contributed by atoms with Crippen molar-refractivity contribution in [2.24, 2.45) is 0 Å². The number of nitrogens with two attached hydrogens (primary N) is 1. The van der Waals surface area contributed by atoms with Gasteiger partial charge < -0.3 is 5.73 Å². The number of aromatic nitrogens is 1. The number of nitrogen functional groups attached to an aromatic ring is 1. The zero-order chi connectivity index (χ0) is 9.97. The molecule has 0 atom stereocenters. The average molecular weight is 287 g/mol. The summed E-state index contributed by atoms with van der Waals surface area (Å²) >= 11 is 6.60. The monoisotopic (exact) mass is 286 g/mol. The van der Waals surface area contributed by atoms with Crippen molar-refractivity contribution in [1.29, 1.82) is 0 Å². The minimum absolute atomic E-state index is 0.750. The number of rotatable bonds is 2. The van der Waals surface area contributed by atoms with Crippen LogP contribution in [0.5, 0.6) is 0 Å². The summed E-state index contributed by atoms with van der Waals surface area (Å²) in [5, 5.41) is 0.750. The Kier molecular flexibility index (Phi) is 3.10. The molecular formula is C9H7BrN2S2. The van der Waals surface area contributed by atoms with E-state index in [1.54, 1.807) is 18.0 Å². The molecular weight excluding hydrogens is 280 g/mol. The molecule has 2 N–H and O–H groups in total. The second-order valence-corrected chi connectivity index (χ2v) is 5.77. The van der Waals surface area contributed by atoms with Gasteiger partial charge in [0.15, 0.2) is 4.34 Å². The van der Waals surface area contributed by atoms with Crippen molar-refractivity contribution in [3.63, 3.8) is 0 Å². The Balaban J connectivity index is 2.23. The van der Waals surface area contributed by atoms with Crippen LogP contribution in [-0.4, -0.2) is 4.98 Å². The molecule has 0 amide bonds. The van der Waals surface area contributed by atoms with Crippen LogP contribution in [0, 0.1) is 0 Å². The van der Waals surface area contributed by atoms with Crippen molar-refractivity contribution < 1.29 is 0 Å². The molecule has 0 unspecified atom stereocenters. The van der Waals surface area contributed by atoms with Crippen molar-refractivity contribution in [1.82, 2.24) is 4.98 Å². The molecule has 0 spiro atoms. The number of nitrogens with zero attached hydrogens (tertiary/aromatic N) is 1. The minimum atomic E-state index is 0.750. The van der Waals surface area contributed by atoms with E-state index in [1.165, 1.54) is 11.3 Å². The summed E-state index contributed by atoms with van der Waals surface area (Å²) in [7, 11) is 0. The van der Waals surface area contributed by atoms with E-state index in [0.29, 0.717) is 0 Å². The van der Waals surface area contributed by atoms with Crippen LogP contribution in [0.3, 0.4) is 0 Å². The predicted octanol–water partition coefficient (Wildman–Crippen LogP) is 3.64. The molecule has 2 aromatic rings. The third-order valence-electron chi connectivity index (χ3n) is 1.54. The molecule has 2 nitrogen and oxygen atoms in total. The average Bonchev–Trinajstić information content (AvgIpc) is 2.56. The van der Waals surface area contributed by atoms with Crippen molar-refractivity contribution in [2.75, 3.05) is 5.73 Å². The van der Waals surface area contributed by atoms with Crippen LogP contribution >= 0.6 is 39.0 Å². The molecule has 14 heavy (non-hydrogen) atoms. The molecule has 1 heterocycles. The summed E-state index contributed by atoms with van der Waals surface area (Å²) in [5.74, 6) is 0. The molecule has 0 aliphatic rings. The predicted molar refractivity (Wildman–Crippen MR) is 64.8 cm³/mol. The highest BCUT2D eigenvalue weighted by atomic mass is 79.9. The normalized spacial score (nSPS) is 10.4. The van der Waals surface area contributed by atoms with E-state index in [4.69, 9.17) is 5.73 Å². The first-order valence-corrected chi connectivity index (χ1v) is 6.32. The first kappa shape index (κ1) is 10.0. The highest BCUT2D eigenvalue weighted by Gasteiger charge is 2.04. The highest BCUT2D eigenvalue weighted by Crippen LogP contribution is 2.35. The Labute approximate surface area is 98.7 Å². The van der Waals surface area contributed by atoms with Gasteiger partial charge >= 0.3 is 0 Å². The largest absolute Gasteiger partial charge is 0.389 e. The molecule has 0 bridgehead atoms. The lowest BCUT2D eigenvalue weighted by Crippen LogP contribution is -1.73. The summed E-state index contributed by atoms with van der Waals surface area (Å²) < 4.78 is 2.05. The van der Waals surface area contributed by atoms with E-state index < -0.39 is 0 Å². The number of anilines is 1. The topological polar surface area (TPSA) is 38.9 Å². The fourth-order valence-electron chi connectivity index (χ4n) is 0.939. The number of halogens is 1. The fraction of sp³-hybridized carbons (Fsp3) is 0. The molecule has 0 fully saturated rings. The van der Waals surface area contributed by atoms with Crippen LogP contribution < -0.4 is 5.73 Å². The maximum absolute atomic E-state index is 5.60. The van der Waals surface area contributed by atoms with E-state index in [2.05, 4.69) is 20.9 Å². The molecule has 2 rings (SSSR count). The van der Waals surface area contributed by atoms with Crippen molar-refractivity contribution in [3.8, 4) is 0 Å². The Hall–Kier alpha value is -0.520. The second-order valence-electron chi connectivity index (χ2n) is 2.56. The summed E-state index contributed by atoms with van der Waals surface area (Å²) in [6.45, 7) is 0. The lowest BCUT2D eigenvalue weighted by molar-refractivity contribution is 1.24. The number of hydrogen-bond acceptors (Lipinski definition) is 4. The zero-order valence-electron chi connectivity index (χ0n) is 7.11. The molecule has 0 saturated heterocycles. The van der Waals surface area contributed by atoms with Crippen LogP contribution in [-0.2, 0) is 0 Å². The molecule has 5 heteroatoms. The molecule has 72 valence electrons. The van der Waals surface area contributed by atoms with Crippen LogP contribution in [0.15, 0.2) is 44.2 Å². The van der Waals surface area contributed by atoms with Crippen molar-refractivity contribution in [3.05, 3.63) is 34.9 Å². The first-order valence-electron chi connectivity index (χ1n) is 3.89. The van der Waals surface area contributed by atoms with Crippen molar-refractivity contribution >= 4 is 44.0 Å². The van der Waals surface area contributed by atoms with Gasteiger partial charge in [0, 0.05) is 9.37 Å². The van der Waals surface area contributed by atoms with E-state index in [0.717, 1.165) is 18.7 Å². The summed E-state index contributed by atoms with van der Waals surface area (Å²) in [6, 6.07) is 8.06. The van der Waals surface area contributed by atoms with Gasteiger partial charge in [-0.15, -0.1) is 0 Å². The zero-order valence-corrected chi connectivity index (χ0v) is 10.3. The van der Waals surface area contributed by atoms with Gasteiger partial charge in [0.2, 0.25) is 0 Å². The van der Waals surface area contributed by atoms with E-state index >= 15 is 0 Å². The third-order valence-corrected chi connectivity index (χ3v) is 4.47. The quantitative estimate of drug-likeness (QED) is 0.916. The van der Waals surface area contributed by atoms with E-state index in [9.17, 15) is 0 Å². The van der Waals surface area contributed by atoms with Gasteiger partial charge in [-0.3, -0.25) is 0 Å². The smallest absolute Gasteiger partial charge is 0.156 e. The Morgan fingerprint density at radius 3 is 2.79 bits per heavy atom. The SMILES string of the molecule is Nc1cnc(Sc2ccccc2Br)s1. The standard InChI is InChI=1S/C9H7BrN2S2/c10-6-3-1-2-4-7(6)13-9-12-5-8(11)14-9/h1-5H,11H2. The van der Waals surface area contributed by atoms with E-state index in [1.807, 2.05) is 24.3 Å². The molecule has 1 aromatic carbocycles. The van der Waals surface area contributed by atoms with Gasteiger partial charge in [0.1, 0.15) is 5.00 Å². The van der Waals surface area contributed by atoms with Crippen LogP contribution in [0.4, 0.5) is 5.00 Å². The van der Waals surface area contributed by atoms with Crippen LogP contribution in [0.2, 0.25) is 0 Å². The molecule has 0 saturated carbocycles. The Morgan fingerprint density at radius 2 is 2.14 bits per heavy atom.